The summed E-state index contributed by atoms with van der Waals surface area (Å²) in [5.74, 6) is 0.238. The number of halogens is 1. The van der Waals surface area contributed by atoms with Crippen molar-refractivity contribution in [3.05, 3.63) is 35.9 Å². The molecule has 1 unspecified atom stereocenters. The third kappa shape index (κ3) is 4.66. The standard InChI is InChI=1S/C12H18ClNO2S/c1-10(2)12(11-6-4-3-5-7-11)14-17(15,16)9-8-13/h3-7,10,12,14H,8-9H2,1-2H3. The highest BCUT2D eigenvalue weighted by Crippen LogP contribution is 2.22. The van der Waals surface area contributed by atoms with Crippen LogP contribution in [0.3, 0.4) is 0 Å². The molecule has 0 radical (unpaired) electrons. The molecule has 1 N–H and O–H groups in total. The minimum absolute atomic E-state index is 0.0510. The maximum absolute atomic E-state index is 11.7. The summed E-state index contributed by atoms with van der Waals surface area (Å²) >= 11 is 5.48. The predicted molar refractivity (Wildman–Crippen MR) is 71.7 cm³/mol. The van der Waals surface area contributed by atoms with Crippen molar-refractivity contribution < 1.29 is 8.42 Å². The molecule has 0 heterocycles. The fourth-order valence-corrected chi connectivity index (χ4v) is 3.33. The van der Waals surface area contributed by atoms with Crippen LogP contribution in [0.4, 0.5) is 0 Å². The van der Waals surface area contributed by atoms with Crippen LogP contribution >= 0.6 is 11.6 Å². The SMILES string of the molecule is CC(C)C(NS(=O)(=O)CCCl)c1ccccc1. The third-order valence-electron chi connectivity index (χ3n) is 2.48. The van der Waals surface area contributed by atoms with E-state index in [1.54, 1.807) is 0 Å². The second-order valence-corrected chi connectivity index (χ2v) is 6.51. The van der Waals surface area contributed by atoms with Crippen LogP contribution in [-0.4, -0.2) is 20.1 Å². The molecule has 0 aromatic heterocycles. The summed E-state index contributed by atoms with van der Waals surface area (Å²) in [6.07, 6.45) is 0. The Kier molecular flexibility index (Phi) is 5.43. The summed E-state index contributed by atoms with van der Waals surface area (Å²) in [6, 6.07) is 9.36. The molecular weight excluding hydrogens is 258 g/mol. The molecular formula is C12H18ClNO2S. The average Bonchev–Trinajstić information content (AvgIpc) is 2.27. The summed E-state index contributed by atoms with van der Waals surface area (Å²) in [5.41, 5.74) is 0.973. The molecule has 0 aliphatic rings. The fraction of sp³-hybridized carbons (Fsp3) is 0.500. The Morgan fingerprint density at radius 1 is 1.24 bits per heavy atom. The molecule has 17 heavy (non-hydrogen) atoms. The predicted octanol–water partition coefficient (Wildman–Crippen LogP) is 2.54. The van der Waals surface area contributed by atoms with E-state index in [9.17, 15) is 8.42 Å². The Balaban J connectivity index is 2.89. The number of alkyl halides is 1. The Morgan fingerprint density at radius 2 is 1.82 bits per heavy atom. The first-order chi connectivity index (χ1) is 7.96. The van der Waals surface area contributed by atoms with Gasteiger partial charge in [-0.25, -0.2) is 13.1 Å². The second-order valence-electron chi connectivity index (χ2n) is 4.26. The van der Waals surface area contributed by atoms with Crippen molar-refractivity contribution in [2.45, 2.75) is 19.9 Å². The lowest BCUT2D eigenvalue weighted by molar-refractivity contribution is 0.463. The van der Waals surface area contributed by atoms with E-state index in [1.165, 1.54) is 0 Å². The fourth-order valence-electron chi connectivity index (χ4n) is 1.60. The van der Waals surface area contributed by atoms with Crippen LogP contribution in [0.2, 0.25) is 0 Å². The van der Waals surface area contributed by atoms with Crippen molar-refractivity contribution in [1.82, 2.24) is 4.72 Å². The molecule has 96 valence electrons. The largest absolute Gasteiger partial charge is 0.213 e. The topological polar surface area (TPSA) is 46.2 Å². The number of sulfonamides is 1. The zero-order valence-electron chi connectivity index (χ0n) is 10.1. The summed E-state index contributed by atoms with van der Waals surface area (Å²) in [5, 5.41) is 0. The van der Waals surface area contributed by atoms with Gasteiger partial charge in [0.25, 0.3) is 0 Å². The molecule has 0 amide bonds. The lowest BCUT2D eigenvalue weighted by Gasteiger charge is -2.22. The van der Waals surface area contributed by atoms with Gasteiger partial charge in [0.2, 0.25) is 10.0 Å². The molecule has 1 aromatic rings. The minimum atomic E-state index is -3.31. The van der Waals surface area contributed by atoms with Gasteiger partial charge in [-0.05, 0) is 11.5 Å². The maximum Gasteiger partial charge on any atom is 0.213 e. The summed E-state index contributed by atoms with van der Waals surface area (Å²) in [4.78, 5) is 0. The lowest BCUT2D eigenvalue weighted by Crippen LogP contribution is -2.33. The monoisotopic (exact) mass is 275 g/mol. The van der Waals surface area contributed by atoms with Crippen LogP contribution in [0.15, 0.2) is 30.3 Å². The van der Waals surface area contributed by atoms with Gasteiger partial charge < -0.3 is 0 Å². The second kappa shape index (κ2) is 6.38. The Bertz CT molecular complexity index is 431. The molecule has 0 fully saturated rings. The van der Waals surface area contributed by atoms with Gasteiger partial charge in [-0.15, -0.1) is 11.6 Å². The quantitative estimate of drug-likeness (QED) is 0.811. The number of nitrogens with one attached hydrogen (secondary N) is 1. The average molecular weight is 276 g/mol. The Labute approximate surface area is 108 Å². The molecule has 0 saturated carbocycles. The van der Waals surface area contributed by atoms with Crippen molar-refractivity contribution in [2.24, 2.45) is 5.92 Å². The van der Waals surface area contributed by atoms with Crippen LogP contribution in [-0.2, 0) is 10.0 Å². The third-order valence-corrected chi connectivity index (χ3v) is 4.25. The van der Waals surface area contributed by atoms with Gasteiger partial charge in [-0.3, -0.25) is 0 Å². The first-order valence-corrected chi connectivity index (χ1v) is 7.76. The summed E-state index contributed by atoms with van der Waals surface area (Å²) in [7, 11) is -3.31. The van der Waals surface area contributed by atoms with E-state index in [0.29, 0.717) is 0 Å². The van der Waals surface area contributed by atoms with E-state index in [2.05, 4.69) is 4.72 Å². The molecule has 1 atom stereocenters. The summed E-state index contributed by atoms with van der Waals surface area (Å²) in [6.45, 7) is 3.97. The number of hydrogen-bond acceptors (Lipinski definition) is 2. The molecule has 0 aliphatic carbocycles. The highest BCUT2D eigenvalue weighted by Gasteiger charge is 2.21. The van der Waals surface area contributed by atoms with Crippen LogP contribution in [0.1, 0.15) is 25.5 Å². The van der Waals surface area contributed by atoms with Crippen molar-refractivity contribution in [2.75, 3.05) is 11.6 Å². The van der Waals surface area contributed by atoms with Crippen LogP contribution < -0.4 is 4.72 Å². The Morgan fingerprint density at radius 3 is 2.29 bits per heavy atom. The highest BCUT2D eigenvalue weighted by atomic mass is 35.5. The minimum Gasteiger partial charge on any atom is -0.212 e. The van der Waals surface area contributed by atoms with Crippen molar-refractivity contribution in [3.63, 3.8) is 0 Å². The molecule has 0 aliphatic heterocycles. The smallest absolute Gasteiger partial charge is 0.212 e. The molecule has 1 rings (SSSR count). The molecule has 5 heteroatoms. The van der Waals surface area contributed by atoms with E-state index >= 15 is 0 Å². The lowest BCUT2D eigenvalue weighted by atomic mass is 9.97. The molecule has 1 aromatic carbocycles. The van der Waals surface area contributed by atoms with Crippen molar-refractivity contribution in [3.8, 4) is 0 Å². The van der Waals surface area contributed by atoms with E-state index in [-0.39, 0.29) is 23.6 Å². The normalized spacial score (nSPS) is 13.9. The molecule has 0 spiro atoms. The highest BCUT2D eigenvalue weighted by molar-refractivity contribution is 7.89. The zero-order valence-corrected chi connectivity index (χ0v) is 11.6. The maximum atomic E-state index is 11.7. The van der Waals surface area contributed by atoms with Gasteiger partial charge in [-0.2, -0.15) is 0 Å². The van der Waals surface area contributed by atoms with Gasteiger partial charge in [0.1, 0.15) is 0 Å². The molecule has 3 nitrogen and oxygen atoms in total. The van der Waals surface area contributed by atoms with Crippen LogP contribution in [0, 0.1) is 5.92 Å². The van der Waals surface area contributed by atoms with Crippen LogP contribution in [0.5, 0.6) is 0 Å². The zero-order chi connectivity index (χ0) is 12.9. The number of hydrogen-bond donors (Lipinski definition) is 1. The van der Waals surface area contributed by atoms with Gasteiger partial charge >= 0.3 is 0 Å². The summed E-state index contributed by atoms with van der Waals surface area (Å²) < 4.78 is 26.1. The number of rotatable bonds is 6. The van der Waals surface area contributed by atoms with Gasteiger partial charge in [-0.1, -0.05) is 44.2 Å². The molecule has 0 saturated heterocycles. The van der Waals surface area contributed by atoms with E-state index in [1.807, 2.05) is 44.2 Å². The van der Waals surface area contributed by atoms with E-state index in [0.717, 1.165) is 5.56 Å². The molecule has 0 bridgehead atoms. The number of benzene rings is 1. The van der Waals surface area contributed by atoms with Crippen molar-refractivity contribution in [1.29, 1.82) is 0 Å². The Hall–Kier alpha value is -0.580. The van der Waals surface area contributed by atoms with Gasteiger partial charge in [0, 0.05) is 11.9 Å². The first kappa shape index (κ1) is 14.5. The van der Waals surface area contributed by atoms with Gasteiger partial charge in [0.05, 0.1) is 5.75 Å². The van der Waals surface area contributed by atoms with Crippen LogP contribution in [0.25, 0.3) is 0 Å². The van der Waals surface area contributed by atoms with E-state index in [4.69, 9.17) is 11.6 Å². The van der Waals surface area contributed by atoms with Crippen molar-refractivity contribution >= 4 is 21.6 Å². The van der Waals surface area contributed by atoms with E-state index < -0.39 is 10.0 Å². The van der Waals surface area contributed by atoms with Gasteiger partial charge in [0.15, 0.2) is 0 Å². The first-order valence-electron chi connectivity index (χ1n) is 5.57.